The molecule has 174 valence electrons. The lowest BCUT2D eigenvalue weighted by Gasteiger charge is -2.43. The average Bonchev–Trinajstić information content (AvgIpc) is 3.07. The van der Waals surface area contributed by atoms with Crippen molar-refractivity contribution in [2.45, 2.75) is 45.4 Å². The lowest BCUT2D eigenvalue weighted by Crippen LogP contribution is -2.59. The first-order valence-corrected chi connectivity index (χ1v) is 11.0. The third-order valence-corrected chi connectivity index (χ3v) is 5.97. The molecule has 0 bridgehead atoms. The van der Waals surface area contributed by atoms with Crippen LogP contribution in [-0.4, -0.2) is 63.3 Å². The van der Waals surface area contributed by atoms with Crippen molar-refractivity contribution in [3.8, 4) is 0 Å². The number of carbonyl (C=O) groups is 1. The molecular formula is C23H32ClN5O3. The normalized spacial score (nSPS) is 19.7. The summed E-state index contributed by atoms with van der Waals surface area (Å²) < 4.78 is 5.55. The van der Waals surface area contributed by atoms with Crippen LogP contribution in [0.4, 0.5) is 5.69 Å². The zero-order valence-corrected chi connectivity index (χ0v) is 19.7. The number of carboxylic acids is 1. The van der Waals surface area contributed by atoms with Gasteiger partial charge >= 0.3 is 5.97 Å². The van der Waals surface area contributed by atoms with Gasteiger partial charge in [-0.15, -0.1) is 0 Å². The van der Waals surface area contributed by atoms with Crippen molar-refractivity contribution < 1.29 is 14.6 Å². The maximum Gasteiger partial charge on any atom is 0.323 e. The molecule has 1 fully saturated rings. The maximum absolute atomic E-state index is 11.2. The van der Waals surface area contributed by atoms with E-state index in [1.807, 2.05) is 44.7 Å². The minimum atomic E-state index is -0.837. The number of aliphatic carboxylic acids is 1. The number of H-pyrrole nitrogens is 1. The Hall–Kier alpha value is -2.39. The van der Waals surface area contributed by atoms with Gasteiger partial charge in [0.05, 0.1) is 35.1 Å². The van der Waals surface area contributed by atoms with Crippen molar-refractivity contribution in [2.24, 2.45) is 11.7 Å². The van der Waals surface area contributed by atoms with E-state index in [1.165, 1.54) is 0 Å². The van der Waals surface area contributed by atoms with Gasteiger partial charge in [0.15, 0.2) is 0 Å². The fourth-order valence-electron chi connectivity index (χ4n) is 3.80. The molecule has 0 amide bonds. The molecule has 1 aromatic carbocycles. The van der Waals surface area contributed by atoms with Crippen LogP contribution in [0.15, 0.2) is 30.6 Å². The zero-order chi connectivity index (χ0) is 23.6. The Morgan fingerprint density at radius 2 is 2.12 bits per heavy atom. The number of morpholine rings is 1. The standard InChI is InChI=1S/C12H24N2O3.C11H8ClN3/c1-8(2)9(13)5-14-7-12(3,4)17-6-10(14)11(15)16;12-6-3-8-7-1-2-14-5-10(7)15-11(8)9(13)4-6/h8-10H,5-7,13H2,1-4H3,(H,15,16);1-5,15H,13H2. The molecule has 0 aliphatic carbocycles. The molecule has 32 heavy (non-hydrogen) atoms. The van der Waals surface area contributed by atoms with E-state index in [0.29, 0.717) is 29.7 Å². The minimum absolute atomic E-state index is 0.00856. The summed E-state index contributed by atoms with van der Waals surface area (Å²) in [4.78, 5) is 20.4. The zero-order valence-electron chi connectivity index (χ0n) is 18.9. The molecule has 3 aromatic rings. The van der Waals surface area contributed by atoms with Crippen molar-refractivity contribution in [1.82, 2.24) is 14.9 Å². The molecule has 3 heterocycles. The number of carboxylic acid groups (broad SMARTS) is 1. The number of nitrogens with one attached hydrogen (secondary N) is 1. The predicted octanol–water partition coefficient (Wildman–Crippen LogP) is 3.49. The van der Waals surface area contributed by atoms with E-state index in [0.717, 1.165) is 21.8 Å². The number of nitrogen functional groups attached to an aromatic ring is 1. The number of hydrogen-bond acceptors (Lipinski definition) is 6. The fourth-order valence-corrected chi connectivity index (χ4v) is 4.03. The summed E-state index contributed by atoms with van der Waals surface area (Å²) in [5.41, 5.74) is 14.2. The quantitative estimate of drug-likeness (QED) is 0.437. The topological polar surface area (TPSA) is 130 Å². The number of pyridine rings is 1. The van der Waals surface area contributed by atoms with Crippen molar-refractivity contribution in [3.05, 3.63) is 35.6 Å². The summed E-state index contributed by atoms with van der Waals surface area (Å²) in [7, 11) is 0. The number of halogens is 1. The van der Waals surface area contributed by atoms with Crippen LogP contribution in [0.5, 0.6) is 0 Å². The SMILES string of the molecule is CC(C)C(N)CN1CC(C)(C)OCC1C(=O)O.Nc1cc(Cl)cc2c1[nH]c1cnccc12. The Labute approximate surface area is 192 Å². The van der Waals surface area contributed by atoms with E-state index >= 15 is 0 Å². The second-order valence-electron chi connectivity index (χ2n) is 9.23. The Morgan fingerprint density at radius 3 is 2.78 bits per heavy atom. The van der Waals surface area contributed by atoms with E-state index in [1.54, 1.807) is 18.5 Å². The molecule has 8 nitrogen and oxygen atoms in total. The molecule has 0 saturated carbocycles. The molecule has 1 aliphatic rings. The van der Waals surface area contributed by atoms with Gasteiger partial charge in [0.2, 0.25) is 0 Å². The second kappa shape index (κ2) is 9.62. The van der Waals surface area contributed by atoms with Crippen LogP contribution in [0.3, 0.4) is 0 Å². The average molecular weight is 462 g/mol. The number of aromatic amines is 1. The van der Waals surface area contributed by atoms with Crippen LogP contribution in [0, 0.1) is 5.92 Å². The number of fused-ring (bicyclic) bond motifs is 3. The van der Waals surface area contributed by atoms with E-state index in [9.17, 15) is 4.79 Å². The number of anilines is 1. The van der Waals surface area contributed by atoms with Crippen molar-refractivity contribution in [1.29, 1.82) is 0 Å². The van der Waals surface area contributed by atoms with Crippen LogP contribution < -0.4 is 11.5 Å². The summed E-state index contributed by atoms with van der Waals surface area (Å²) in [6, 6.07) is 5.02. The van der Waals surface area contributed by atoms with Gasteiger partial charge in [0.25, 0.3) is 0 Å². The second-order valence-corrected chi connectivity index (χ2v) is 9.66. The van der Waals surface area contributed by atoms with Crippen molar-refractivity contribution >= 4 is 45.1 Å². The number of aromatic nitrogens is 2. The highest BCUT2D eigenvalue weighted by atomic mass is 35.5. The first-order chi connectivity index (χ1) is 15.0. The molecule has 1 saturated heterocycles. The molecule has 2 unspecified atom stereocenters. The van der Waals surface area contributed by atoms with Gasteiger partial charge in [-0.3, -0.25) is 14.7 Å². The first-order valence-electron chi connectivity index (χ1n) is 10.7. The minimum Gasteiger partial charge on any atom is -0.480 e. The van der Waals surface area contributed by atoms with Gasteiger partial charge in [-0.05, 0) is 38.0 Å². The summed E-state index contributed by atoms with van der Waals surface area (Å²) in [5, 5.41) is 11.9. The number of hydrogen-bond donors (Lipinski definition) is 4. The third-order valence-electron chi connectivity index (χ3n) is 5.75. The van der Waals surface area contributed by atoms with E-state index in [-0.39, 0.29) is 18.2 Å². The Bertz CT molecular complexity index is 1100. The molecule has 2 aromatic heterocycles. The predicted molar refractivity (Wildman–Crippen MR) is 129 cm³/mol. The lowest BCUT2D eigenvalue weighted by molar-refractivity contribution is -0.162. The Kier molecular flexibility index (Phi) is 7.29. The molecule has 0 radical (unpaired) electrons. The largest absolute Gasteiger partial charge is 0.480 e. The summed E-state index contributed by atoms with van der Waals surface area (Å²) in [5.74, 6) is -0.494. The third kappa shape index (κ3) is 5.50. The number of nitrogens with two attached hydrogens (primary N) is 2. The van der Waals surface area contributed by atoms with Gasteiger partial charge in [-0.25, -0.2) is 0 Å². The number of ether oxygens (including phenoxy) is 1. The number of rotatable bonds is 4. The molecule has 9 heteroatoms. The van der Waals surface area contributed by atoms with E-state index in [4.69, 9.17) is 32.9 Å². The maximum atomic E-state index is 11.2. The van der Waals surface area contributed by atoms with Gasteiger partial charge in [-0.1, -0.05) is 25.4 Å². The Morgan fingerprint density at radius 1 is 1.41 bits per heavy atom. The summed E-state index contributed by atoms with van der Waals surface area (Å²) in [6.07, 6.45) is 3.54. The highest BCUT2D eigenvalue weighted by Crippen LogP contribution is 2.31. The lowest BCUT2D eigenvalue weighted by atomic mass is 10.00. The molecular weight excluding hydrogens is 430 g/mol. The molecule has 4 rings (SSSR count). The molecule has 2 atom stereocenters. The van der Waals surface area contributed by atoms with Crippen molar-refractivity contribution in [3.63, 3.8) is 0 Å². The first kappa shape index (κ1) is 24.3. The Balaban J connectivity index is 0.000000181. The smallest absolute Gasteiger partial charge is 0.323 e. The van der Waals surface area contributed by atoms with Gasteiger partial charge in [0, 0.05) is 41.1 Å². The summed E-state index contributed by atoms with van der Waals surface area (Å²) >= 11 is 5.97. The highest BCUT2D eigenvalue weighted by Gasteiger charge is 2.38. The van der Waals surface area contributed by atoms with Gasteiger partial charge in [-0.2, -0.15) is 0 Å². The van der Waals surface area contributed by atoms with E-state index in [2.05, 4.69) is 9.97 Å². The van der Waals surface area contributed by atoms with Crippen molar-refractivity contribution in [2.75, 3.05) is 25.4 Å². The van der Waals surface area contributed by atoms with Gasteiger partial charge < -0.3 is 26.3 Å². The molecule has 6 N–H and O–H groups in total. The van der Waals surface area contributed by atoms with Crippen LogP contribution in [0.25, 0.3) is 21.8 Å². The van der Waals surface area contributed by atoms with Crippen LogP contribution >= 0.6 is 11.6 Å². The monoisotopic (exact) mass is 461 g/mol. The van der Waals surface area contributed by atoms with E-state index < -0.39 is 12.0 Å². The van der Waals surface area contributed by atoms with Crippen LogP contribution in [-0.2, 0) is 9.53 Å². The highest BCUT2D eigenvalue weighted by molar-refractivity contribution is 6.32. The molecule has 1 aliphatic heterocycles. The van der Waals surface area contributed by atoms with Crippen LogP contribution in [0.1, 0.15) is 27.7 Å². The van der Waals surface area contributed by atoms with Crippen LogP contribution in [0.2, 0.25) is 5.02 Å². The summed E-state index contributed by atoms with van der Waals surface area (Å²) in [6.45, 7) is 9.47. The fraction of sp³-hybridized carbons (Fsp3) is 0.478. The van der Waals surface area contributed by atoms with Gasteiger partial charge in [0.1, 0.15) is 6.04 Å². The molecule has 0 spiro atoms. The number of nitrogens with zero attached hydrogens (tertiary/aromatic N) is 2. The number of benzene rings is 1.